The van der Waals surface area contributed by atoms with Gasteiger partial charge in [-0.15, -0.1) is 11.3 Å². The minimum atomic E-state index is -0.616. The molecule has 0 spiro atoms. The van der Waals surface area contributed by atoms with Gasteiger partial charge in [0.05, 0.1) is 5.92 Å². The fraction of sp³-hybridized carbons (Fsp3) is 0.500. The maximum Gasteiger partial charge on any atom is 0.306 e. The summed E-state index contributed by atoms with van der Waals surface area (Å²) in [6.07, 6.45) is 3.73. The number of carbonyl (C=O) groups is 1. The molecule has 1 aromatic heterocycles. The van der Waals surface area contributed by atoms with E-state index in [0.717, 1.165) is 25.7 Å². The molecule has 1 aliphatic rings. The summed E-state index contributed by atoms with van der Waals surface area (Å²) in [6.45, 7) is 4.54. The van der Waals surface area contributed by atoms with E-state index >= 15 is 0 Å². The number of aliphatic carboxylic acids is 1. The van der Waals surface area contributed by atoms with E-state index in [1.54, 1.807) is 11.3 Å². The summed E-state index contributed by atoms with van der Waals surface area (Å²) >= 11 is 1.76. The zero-order valence-corrected chi connectivity index (χ0v) is 13.5. The topological polar surface area (TPSA) is 37.3 Å². The first-order valence-corrected chi connectivity index (χ1v) is 8.52. The Kier molecular flexibility index (Phi) is 3.78. The van der Waals surface area contributed by atoms with Gasteiger partial charge in [-0.1, -0.05) is 32.0 Å². The average Bonchev–Trinajstić information content (AvgIpc) is 2.81. The lowest BCUT2D eigenvalue weighted by Crippen LogP contribution is -2.35. The standard InChI is InChI=1S/C18H22O2S/c1-18(2)8-7-15(17(19)20)12(10-18)9-13-11-21-16-6-4-3-5-14(13)16/h3-6,11-12,15H,7-10H2,1-2H3,(H,19,20). The van der Waals surface area contributed by atoms with Gasteiger partial charge in [-0.2, -0.15) is 0 Å². The van der Waals surface area contributed by atoms with Crippen molar-refractivity contribution in [3.05, 3.63) is 35.2 Å². The first kappa shape index (κ1) is 14.6. The average molecular weight is 302 g/mol. The quantitative estimate of drug-likeness (QED) is 0.869. The lowest BCUT2D eigenvalue weighted by molar-refractivity contribution is -0.146. The third-order valence-corrected chi connectivity index (χ3v) is 5.89. The maximum absolute atomic E-state index is 11.6. The third kappa shape index (κ3) is 2.98. The van der Waals surface area contributed by atoms with E-state index in [1.807, 2.05) is 0 Å². The third-order valence-electron chi connectivity index (χ3n) is 4.88. The normalized spacial score (nSPS) is 25.0. The minimum absolute atomic E-state index is 0.184. The molecule has 1 heterocycles. The summed E-state index contributed by atoms with van der Waals surface area (Å²) in [5.41, 5.74) is 1.59. The Hall–Kier alpha value is -1.35. The Morgan fingerprint density at radius 1 is 1.38 bits per heavy atom. The van der Waals surface area contributed by atoms with Crippen molar-refractivity contribution in [3.63, 3.8) is 0 Å². The largest absolute Gasteiger partial charge is 0.481 e. The van der Waals surface area contributed by atoms with Gasteiger partial charge in [-0.05, 0) is 59.4 Å². The summed E-state index contributed by atoms with van der Waals surface area (Å²) in [6, 6.07) is 8.43. The van der Waals surface area contributed by atoms with Gasteiger partial charge in [0.15, 0.2) is 0 Å². The number of hydrogen-bond donors (Lipinski definition) is 1. The van der Waals surface area contributed by atoms with Gasteiger partial charge >= 0.3 is 5.97 Å². The Labute approximate surface area is 129 Å². The van der Waals surface area contributed by atoms with Crippen molar-refractivity contribution in [3.8, 4) is 0 Å². The van der Waals surface area contributed by atoms with Gasteiger partial charge in [-0.3, -0.25) is 4.79 Å². The van der Waals surface area contributed by atoms with Gasteiger partial charge in [-0.25, -0.2) is 0 Å². The SMILES string of the molecule is CC1(C)CCC(C(=O)O)C(Cc2csc3ccccc23)C1. The van der Waals surface area contributed by atoms with Crippen LogP contribution >= 0.6 is 11.3 Å². The van der Waals surface area contributed by atoms with Gasteiger partial charge in [0.2, 0.25) is 0 Å². The van der Waals surface area contributed by atoms with Crippen molar-refractivity contribution >= 4 is 27.4 Å². The van der Waals surface area contributed by atoms with Crippen LogP contribution in [0.3, 0.4) is 0 Å². The van der Waals surface area contributed by atoms with Crippen LogP contribution in [-0.2, 0) is 11.2 Å². The van der Waals surface area contributed by atoms with Crippen molar-refractivity contribution in [2.24, 2.45) is 17.3 Å². The Balaban J connectivity index is 1.88. The van der Waals surface area contributed by atoms with Crippen LogP contribution in [0.4, 0.5) is 0 Å². The zero-order chi connectivity index (χ0) is 15.0. The zero-order valence-electron chi connectivity index (χ0n) is 12.6. The Morgan fingerprint density at radius 3 is 2.90 bits per heavy atom. The molecule has 1 fully saturated rings. The van der Waals surface area contributed by atoms with E-state index in [4.69, 9.17) is 0 Å². The Bertz CT molecular complexity index is 656. The highest BCUT2D eigenvalue weighted by Crippen LogP contribution is 2.44. The number of benzene rings is 1. The lowest BCUT2D eigenvalue weighted by atomic mass is 9.65. The van der Waals surface area contributed by atoms with Crippen LogP contribution in [0.2, 0.25) is 0 Å². The molecule has 2 aromatic rings. The van der Waals surface area contributed by atoms with Gasteiger partial charge in [0.25, 0.3) is 0 Å². The molecule has 3 rings (SSSR count). The van der Waals surface area contributed by atoms with Crippen LogP contribution in [0.5, 0.6) is 0 Å². The molecule has 1 saturated carbocycles. The molecule has 0 amide bonds. The highest BCUT2D eigenvalue weighted by Gasteiger charge is 2.38. The summed E-state index contributed by atoms with van der Waals surface area (Å²) < 4.78 is 1.30. The molecule has 2 unspecified atom stereocenters. The molecule has 0 bridgehead atoms. The maximum atomic E-state index is 11.6. The predicted molar refractivity (Wildman–Crippen MR) is 87.8 cm³/mol. The van der Waals surface area contributed by atoms with Gasteiger partial charge in [0.1, 0.15) is 0 Å². The number of carboxylic acids is 1. The van der Waals surface area contributed by atoms with Crippen molar-refractivity contribution in [2.75, 3.05) is 0 Å². The van der Waals surface area contributed by atoms with Crippen LogP contribution in [0, 0.1) is 17.3 Å². The highest BCUT2D eigenvalue weighted by atomic mass is 32.1. The first-order valence-electron chi connectivity index (χ1n) is 7.64. The number of hydrogen-bond acceptors (Lipinski definition) is 2. The van der Waals surface area contributed by atoms with Crippen molar-refractivity contribution < 1.29 is 9.90 Å². The summed E-state index contributed by atoms with van der Waals surface area (Å²) in [4.78, 5) is 11.6. The van der Waals surface area contributed by atoms with Crippen LogP contribution < -0.4 is 0 Å². The monoisotopic (exact) mass is 302 g/mol. The predicted octanol–water partition coefficient (Wildman–Crippen LogP) is 4.97. The van der Waals surface area contributed by atoms with Crippen molar-refractivity contribution in [1.82, 2.24) is 0 Å². The van der Waals surface area contributed by atoms with E-state index in [1.165, 1.54) is 15.6 Å². The van der Waals surface area contributed by atoms with Crippen LogP contribution in [0.1, 0.15) is 38.7 Å². The highest BCUT2D eigenvalue weighted by molar-refractivity contribution is 7.17. The molecule has 2 nitrogen and oxygen atoms in total. The Morgan fingerprint density at radius 2 is 2.14 bits per heavy atom. The second-order valence-electron chi connectivity index (χ2n) is 7.07. The second kappa shape index (κ2) is 5.45. The molecule has 112 valence electrons. The second-order valence-corrected chi connectivity index (χ2v) is 7.98. The molecule has 1 aromatic carbocycles. The van der Waals surface area contributed by atoms with Crippen molar-refractivity contribution in [1.29, 1.82) is 0 Å². The molecule has 21 heavy (non-hydrogen) atoms. The van der Waals surface area contributed by atoms with E-state index < -0.39 is 5.97 Å². The molecule has 2 atom stereocenters. The lowest BCUT2D eigenvalue weighted by Gasteiger charge is -2.39. The van der Waals surface area contributed by atoms with Gasteiger partial charge in [0, 0.05) is 4.70 Å². The van der Waals surface area contributed by atoms with Crippen LogP contribution in [0.25, 0.3) is 10.1 Å². The molecular weight excluding hydrogens is 280 g/mol. The molecule has 1 aliphatic carbocycles. The van der Waals surface area contributed by atoms with E-state index in [9.17, 15) is 9.90 Å². The van der Waals surface area contributed by atoms with Crippen LogP contribution in [-0.4, -0.2) is 11.1 Å². The molecule has 1 N–H and O–H groups in total. The number of thiophene rings is 1. The smallest absolute Gasteiger partial charge is 0.306 e. The van der Waals surface area contributed by atoms with E-state index in [2.05, 4.69) is 43.5 Å². The minimum Gasteiger partial charge on any atom is -0.481 e. The summed E-state index contributed by atoms with van der Waals surface area (Å²) in [7, 11) is 0. The number of carboxylic acid groups (broad SMARTS) is 1. The summed E-state index contributed by atoms with van der Waals surface area (Å²) in [5.74, 6) is -0.545. The molecular formula is C18H22O2S. The van der Waals surface area contributed by atoms with Crippen LogP contribution in [0.15, 0.2) is 29.6 Å². The van der Waals surface area contributed by atoms with Crippen molar-refractivity contribution in [2.45, 2.75) is 39.5 Å². The number of fused-ring (bicyclic) bond motifs is 1. The fourth-order valence-corrected chi connectivity index (χ4v) is 4.72. The molecule has 0 radical (unpaired) electrons. The molecule has 0 saturated heterocycles. The van der Waals surface area contributed by atoms with E-state index in [-0.39, 0.29) is 17.3 Å². The molecule has 3 heteroatoms. The number of rotatable bonds is 3. The molecule has 0 aliphatic heterocycles. The fourth-order valence-electron chi connectivity index (χ4n) is 3.75. The first-order chi connectivity index (χ1) is 9.96. The summed E-state index contributed by atoms with van der Waals surface area (Å²) in [5, 5.41) is 13.0. The van der Waals surface area contributed by atoms with E-state index in [0.29, 0.717) is 0 Å². The van der Waals surface area contributed by atoms with Gasteiger partial charge < -0.3 is 5.11 Å².